The van der Waals surface area contributed by atoms with Gasteiger partial charge in [0.1, 0.15) is 5.75 Å². The number of aromatic hydroxyl groups is 1. The average Bonchev–Trinajstić information content (AvgIpc) is 2.48. The van der Waals surface area contributed by atoms with Crippen molar-refractivity contribution in [2.45, 2.75) is 0 Å². The van der Waals surface area contributed by atoms with Gasteiger partial charge in [0.25, 0.3) is 0 Å². The molecule has 1 heterocycles. The van der Waals surface area contributed by atoms with E-state index in [0.717, 1.165) is 4.70 Å². The molecule has 0 radical (unpaired) electrons. The van der Waals surface area contributed by atoms with Crippen LogP contribution in [-0.4, -0.2) is 11.4 Å². The summed E-state index contributed by atoms with van der Waals surface area (Å²) in [7, 11) is 0. The van der Waals surface area contributed by atoms with Crippen LogP contribution in [0.4, 0.5) is 0 Å². The number of carbonyl (C=O) groups excluding carboxylic acids is 1. The SMILES string of the molecule is O=Cc1c(Cl)ccc2c(O)csc12. The molecule has 66 valence electrons. The van der Waals surface area contributed by atoms with Crippen molar-refractivity contribution in [1.82, 2.24) is 0 Å². The summed E-state index contributed by atoms with van der Waals surface area (Å²) in [5.74, 6) is 0.194. The molecule has 0 aliphatic carbocycles. The Morgan fingerprint density at radius 3 is 2.92 bits per heavy atom. The van der Waals surface area contributed by atoms with Crippen molar-refractivity contribution in [1.29, 1.82) is 0 Å². The second-order valence-electron chi connectivity index (χ2n) is 2.58. The predicted molar refractivity (Wildman–Crippen MR) is 53.9 cm³/mol. The van der Waals surface area contributed by atoms with Gasteiger partial charge >= 0.3 is 0 Å². The first-order valence-corrected chi connectivity index (χ1v) is 4.83. The molecule has 0 saturated heterocycles. The minimum atomic E-state index is 0.194. The van der Waals surface area contributed by atoms with E-state index in [1.165, 1.54) is 11.3 Å². The molecule has 0 aliphatic rings. The van der Waals surface area contributed by atoms with Gasteiger partial charge in [-0.15, -0.1) is 11.3 Å². The van der Waals surface area contributed by atoms with E-state index in [2.05, 4.69) is 0 Å². The summed E-state index contributed by atoms with van der Waals surface area (Å²) in [5, 5.41) is 12.1. The zero-order chi connectivity index (χ0) is 9.42. The highest BCUT2D eigenvalue weighted by Gasteiger charge is 2.09. The van der Waals surface area contributed by atoms with Crippen molar-refractivity contribution in [3.63, 3.8) is 0 Å². The molecule has 2 rings (SSSR count). The van der Waals surface area contributed by atoms with E-state index in [0.29, 0.717) is 22.3 Å². The van der Waals surface area contributed by atoms with Gasteiger partial charge in [-0.25, -0.2) is 0 Å². The van der Waals surface area contributed by atoms with Crippen LogP contribution in [0.15, 0.2) is 17.5 Å². The summed E-state index contributed by atoms with van der Waals surface area (Å²) in [6.45, 7) is 0. The topological polar surface area (TPSA) is 37.3 Å². The molecular weight excluding hydrogens is 208 g/mol. The number of hydrogen-bond donors (Lipinski definition) is 1. The molecule has 1 aromatic heterocycles. The summed E-state index contributed by atoms with van der Waals surface area (Å²) in [5.41, 5.74) is 0.449. The van der Waals surface area contributed by atoms with Crippen LogP contribution in [0.1, 0.15) is 10.4 Å². The van der Waals surface area contributed by atoms with Gasteiger partial charge in [-0.3, -0.25) is 4.79 Å². The fourth-order valence-corrected chi connectivity index (χ4v) is 2.39. The van der Waals surface area contributed by atoms with Crippen LogP contribution in [0.3, 0.4) is 0 Å². The number of fused-ring (bicyclic) bond motifs is 1. The average molecular weight is 213 g/mol. The van der Waals surface area contributed by atoms with Gasteiger partial charge in [-0.1, -0.05) is 11.6 Å². The zero-order valence-electron chi connectivity index (χ0n) is 6.45. The molecule has 0 saturated carbocycles. The number of benzene rings is 1. The summed E-state index contributed by atoms with van der Waals surface area (Å²) < 4.78 is 0.736. The van der Waals surface area contributed by atoms with Gasteiger partial charge in [-0.2, -0.15) is 0 Å². The van der Waals surface area contributed by atoms with Gasteiger partial charge in [-0.05, 0) is 12.1 Å². The number of aldehydes is 1. The number of rotatable bonds is 1. The molecular formula is C9H5ClO2S. The first-order chi connectivity index (χ1) is 6.24. The van der Waals surface area contributed by atoms with Crippen LogP contribution in [0, 0.1) is 0 Å². The Kier molecular flexibility index (Phi) is 1.98. The molecule has 1 aromatic carbocycles. The lowest BCUT2D eigenvalue weighted by atomic mass is 10.2. The Bertz CT molecular complexity index is 476. The lowest BCUT2D eigenvalue weighted by molar-refractivity contribution is 0.112. The molecule has 0 atom stereocenters. The molecule has 13 heavy (non-hydrogen) atoms. The normalized spacial score (nSPS) is 10.5. The Morgan fingerprint density at radius 1 is 1.46 bits per heavy atom. The Hall–Kier alpha value is -1.06. The van der Waals surface area contributed by atoms with Gasteiger partial charge in [0, 0.05) is 10.8 Å². The second-order valence-corrected chi connectivity index (χ2v) is 3.86. The molecule has 0 fully saturated rings. The van der Waals surface area contributed by atoms with E-state index in [1.807, 2.05) is 0 Å². The molecule has 2 aromatic rings. The van der Waals surface area contributed by atoms with Crippen LogP contribution in [0.25, 0.3) is 10.1 Å². The Balaban J connectivity index is 2.92. The third-order valence-electron chi connectivity index (χ3n) is 1.83. The number of carbonyl (C=O) groups is 1. The van der Waals surface area contributed by atoms with Crippen LogP contribution >= 0.6 is 22.9 Å². The maximum atomic E-state index is 10.7. The first kappa shape index (κ1) is 8.53. The summed E-state index contributed by atoms with van der Waals surface area (Å²) in [6.07, 6.45) is 0.709. The van der Waals surface area contributed by atoms with Crippen molar-refractivity contribution in [2.75, 3.05) is 0 Å². The van der Waals surface area contributed by atoms with Crippen LogP contribution in [-0.2, 0) is 0 Å². The van der Waals surface area contributed by atoms with E-state index in [9.17, 15) is 9.90 Å². The van der Waals surface area contributed by atoms with Crippen LogP contribution < -0.4 is 0 Å². The maximum absolute atomic E-state index is 10.7. The van der Waals surface area contributed by atoms with Crippen molar-refractivity contribution in [3.05, 3.63) is 28.1 Å². The monoisotopic (exact) mass is 212 g/mol. The molecule has 4 heteroatoms. The minimum absolute atomic E-state index is 0.194. The molecule has 0 aliphatic heterocycles. The zero-order valence-corrected chi connectivity index (χ0v) is 8.02. The van der Waals surface area contributed by atoms with Gasteiger partial charge in [0.2, 0.25) is 0 Å². The standard InChI is InChI=1S/C9H5ClO2S/c10-7-2-1-5-8(12)4-13-9(5)6(7)3-11/h1-4,12H. The van der Waals surface area contributed by atoms with Gasteiger partial charge in [0.05, 0.1) is 15.3 Å². The number of halogens is 1. The second kappa shape index (κ2) is 3.01. The molecule has 0 bridgehead atoms. The lowest BCUT2D eigenvalue weighted by Crippen LogP contribution is -1.80. The van der Waals surface area contributed by atoms with Crippen LogP contribution in [0.5, 0.6) is 5.75 Å². The van der Waals surface area contributed by atoms with E-state index in [4.69, 9.17) is 11.6 Å². The summed E-state index contributed by atoms with van der Waals surface area (Å²) in [4.78, 5) is 10.7. The largest absolute Gasteiger partial charge is 0.506 e. The Labute approximate surface area is 83.4 Å². The minimum Gasteiger partial charge on any atom is -0.506 e. The van der Waals surface area contributed by atoms with E-state index >= 15 is 0 Å². The fraction of sp³-hybridized carbons (Fsp3) is 0. The van der Waals surface area contributed by atoms with Crippen molar-refractivity contribution < 1.29 is 9.90 Å². The van der Waals surface area contributed by atoms with E-state index in [-0.39, 0.29) is 5.75 Å². The Morgan fingerprint density at radius 2 is 2.23 bits per heavy atom. The molecule has 0 amide bonds. The van der Waals surface area contributed by atoms with Gasteiger partial charge in [0.15, 0.2) is 6.29 Å². The third-order valence-corrected chi connectivity index (χ3v) is 3.17. The fourth-order valence-electron chi connectivity index (χ4n) is 1.19. The van der Waals surface area contributed by atoms with Crippen LogP contribution in [0.2, 0.25) is 5.02 Å². The summed E-state index contributed by atoms with van der Waals surface area (Å²) in [6, 6.07) is 3.32. The number of thiophene rings is 1. The highest BCUT2D eigenvalue weighted by atomic mass is 35.5. The van der Waals surface area contributed by atoms with Crippen molar-refractivity contribution in [2.24, 2.45) is 0 Å². The first-order valence-electron chi connectivity index (χ1n) is 3.58. The van der Waals surface area contributed by atoms with Gasteiger partial charge < -0.3 is 5.11 Å². The van der Waals surface area contributed by atoms with E-state index < -0.39 is 0 Å². The van der Waals surface area contributed by atoms with Crippen molar-refractivity contribution in [3.8, 4) is 5.75 Å². The van der Waals surface area contributed by atoms with Crippen molar-refractivity contribution >= 4 is 39.3 Å². The molecule has 1 N–H and O–H groups in total. The van der Waals surface area contributed by atoms with E-state index in [1.54, 1.807) is 17.5 Å². The lowest BCUT2D eigenvalue weighted by Gasteiger charge is -1.97. The highest BCUT2D eigenvalue weighted by Crippen LogP contribution is 2.35. The maximum Gasteiger partial charge on any atom is 0.153 e. The predicted octanol–water partition coefficient (Wildman–Crippen LogP) is 3.07. The summed E-state index contributed by atoms with van der Waals surface area (Å²) >= 11 is 7.12. The molecule has 2 nitrogen and oxygen atoms in total. The highest BCUT2D eigenvalue weighted by molar-refractivity contribution is 7.18. The smallest absolute Gasteiger partial charge is 0.153 e. The number of hydrogen-bond acceptors (Lipinski definition) is 3. The third kappa shape index (κ3) is 1.20. The quantitative estimate of drug-likeness (QED) is 0.738. The molecule has 0 unspecified atom stereocenters. The molecule has 0 spiro atoms.